The summed E-state index contributed by atoms with van der Waals surface area (Å²) in [4.78, 5) is 52.7. The summed E-state index contributed by atoms with van der Waals surface area (Å²) in [5.41, 5.74) is 9.68. The number of imidazole rings is 1. The fraction of sp³-hybridized carbons (Fsp3) is 0.353. The van der Waals surface area contributed by atoms with Crippen molar-refractivity contribution in [3.63, 3.8) is 0 Å². The molecule has 0 saturated carbocycles. The number of hydrogen-bond donors (Lipinski definition) is 3. The largest absolute Gasteiger partial charge is 0.495 e. The summed E-state index contributed by atoms with van der Waals surface area (Å²) in [6.07, 6.45) is 0.983. The number of para-hydroxylation sites is 1. The van der Waals surface area contributed by atoms with Crippen LogP contribution in [0.2, 0.25) is 0 Å². The molecule has 2 heterocycles. The summed E-state index contributed by atoms with van der Waals surface area (Å²) < 4.78 is 11.7. The first-order valence-corrected chi connectivity index (χ1v) is 15.3. The van der Waals surface area contributed by atoms with Crippen molar-refractivity contribution in [2.24, 2.45) is 5.73 Å². The van der Waals surface area contributed by atoms with Crippen LogP contribution in [0.15, 0.2) is 54.6 Å². The molecule has 0 unspecified atom stereocenters. The Labute approximate surface area is 268 Å². The third-order valence-corrected chi connectivity index (χ3v) is 8.13. The van der Waals surface area contributed by atoms with Crippen LogP contribution in [0.1, 0.15) is 44.9 Å². The third kappa shape index (κ3) is 7.30. The number of piperazine rings is 1. The van der Waals surface area contributed by atoms with E-state index in [0.717, 1.165) is 31.7 Å². The van der Waals surface area contributed by atoms with Gasteiger partial charge in [-0.05, 0) is 68.4 Å². The molecule has 5 rings (SSSR count). The minimum Gasteiger partial charge on any atom is -0.495 e. The van der Waals surface area contributed by atoms with Crippen LogP contribution in [0.25, 0.3) is 11.0 Å². The summed E-state index contributed by atoms with van der Waals surface area (Å²) in [5, 5.41) is 2.88. The molecule has 4 aromatic rings. The lowest BCUT2D eigenvalue weighted by Gasteiger charge is -2.32. The number of nitrogens with zero attached hydrogens (tertiary/aromatic N) is 4. The van der Waals surface area contributed by atoms with Gasteiger partial charge in [-0.2, -0.15) is 0 Å². The van der Waals surface area contributed by atoms with Crippen molar-refractivity contribution in [2.75, 3.05) is 64.2 Å². The SMILES string of the molecule is COc1cc(C(=O)N(C)c2ccc(C)cc2OCCCC(=O)N2CCN(C)CC2)ccc1NC(=O)c1cccc2[nH]c(CN)nc12. The van der Waals surface area contributed by atoms with Crippen LogP contribution in [-0.4, -0.2) is 91.5 Å². The Bertz CT molecular complexity index is 1730. The number of rotatable bonds is 11. The van der Waals surface area contributed by atoms with E-state index in [1.165, 1.54) is 12.0 Å². The summed E-state index contributed by atoms with van der Waals surface area (Å²) in [6, 6.07) is 15.8. The second-order valence-electron chi connectivity index (χ2n) is 11.4. The Morgan fingerprint density at radius 1 is 1.04 bits per heavy atom. The van der Waals surface area contributed by atoms with Crippen LogP contribution >= 0.6 is 0 Å². The highest BCUT2D eigenvalue weighted by Gasteiger charge is 2.22. The second kappa shape index (κ2) is 14.4. The topological polar surface area (TPSA) is 146 Å². The summed E-state index contributed by atoms with van der Waals surface area (Å²) in [6.45, 7) is 5.80. The van der Waals surface area contributed by atoms with Gasteiger partial charge in [0.15, 0.2) is 0 Å². The van der Waals surface area contributed by atoms with Gasteiger partial charge in [-0.3, -0.25) is 14.4 Å². The number of benzene rings is 3. The van der Waals surface area contributed by atoms with E-state index in [-0.39, 0.29) is 24.3 Å². The fourth-order valence-electron chi connectivity index (χ4n) is 5.42. The molecular weight excluding hydrogens is 586 g/mol. The minimum atomic E-state index is -0.373. The summed E-state index contributed by atoms with van der Waals surface area (Å²) in [7, 11) is 5.22. The van der Waals surface area contributed by atoms with Crippen LogP contribution in [0.3, 0.4) is 0 Å². The van der Waals surface area contributed by atoms with Gasteiger partial charge in [0.2, 0.25) is 5.91 Å². The molecule has 0 spiro atoms. The minimum absolute atomic E-state index is 0.140. The Morgan fingerprint density at radius 3 is 2.57 bits per heavy atom. The highest BCUT2D eigenvalue weighted by atomic mass is 16.5. The van der Waals surface area contributed by atoms with Gasteiger partial charge in [0.05, 0.1) is 42.7 Å². The number of likely N-dealkylation sites (N-methyl/N-ethyl adjacent to an activating group) is 1. The zero-order valence-corrected chi connectivity index (χ0v) is 26.8. The van der Waals surface area contributed by atoms with E-state index in [0.29, 0.717) is 70.3 Å². The van der Waals surface area contributed by atoms with Crippen molar-refractivity contribution in [3.8, 4) is 11.5 Å². The number of aromatic nitrogens is 2. The zero-order chi connectivity index (χ0) is 32.8. The molecule has 242 valence electrons. The Hall–Kier alpha value is -4.94. The van der Waals surface area contributed by atoms with Crippen molar-refractivity contribution < 1.29 is 23.9 Å². The van der Waals surface area contributed by atoms with Crippen molar-refractivity contribution in [1.29, 1.82) is 0 Å². The molecule has 0 aliphatic carbocycles. The Balaban J connectivity index is 1.25. The fourth-order valence-corrected chi connectivity index (χ4v) is 5.42. The monoisotopic (exact) mass is 627 g/mol. The van der Waals surface area contributed by atoms with Gasteiger partial charge in [0, 0.05) is 45.2 Å². The molecule has 46 heavy (non-hydrogen) atoms. The summed E-state index contributed by atoms with van der Waals surface area (Å²) >= 11 is 0. The van der Waals surface area contributed by atoms with Crippen molar-refractivity contribution >= 4 is 40.1 Å². The van der Waals surface area contributed by atoms with Gasteiger partial charge in [0.1, 0.15) is 22.8 Å². The molecule has 12 heteroatoms. The molecule has 0 atom stereocenters. The van der Waals surface area contributed by atoms with Crippen LogP contribution in [-0.2, 0) is 11.3 Å². The van der Waals surface area contributed by atoms with Crippen molar-refractivity contribution in [1.82, 2.24) is 19.8 Å². The number of anilines is 2. The highest BCUT2D eigenvalue weighted by molar-refractivity contribution is 6.12. The predicted octanol–water partition coefficient (Wildman–Crippen LogP) is 3.80. The van der Waals surface area contributed by atoms with Crippen LogP contribution in [0, 0.1) is 6.92 Å². The molecule has 12 nitrogen and oxygen atoms in total. The van der Waals surface area contributed by atoms with Crippen LogP contribution in [0.5, 0.6) is 11.5 Å². The lowest BCUT2D eigenvalue weighted by Crippen LogP contribution is -2.47. The van der Waals surface area contributed by atoms with E-state index >= 15 is 0 Å². The van der Waals surface area contributed by atoms with Crippen LogP contribution in [0.4, 0.5) is 11.4 Å². The number of carbonyl (C=O) groups excluding carboxylic acids is 3. The molecule has 0 bridgehead atoms. The number of hydrogen-bond acceptors (Lipinski definition) is 8. The number of aryl methyl sites for hydroxylation is 1. The quantitative estimate of drug-likeness (QED) is 0.213. The molecular formula is C34H41N7O5. The van der Waals surface area contributed by atoms with Crippen molar-refractivity contribution in [3.05, 3.63) is 77.1 Å². The molecule has 3 aromatic carbocycles. The maximum atomic E-state index is 13.7. The average Bonchev–Trinajstić information content (AvgIpc) is 3.50. The average molecular weight is 628 g/mol. The van der Waals surface area contributed by atoms with E-state index in [1.54, 1.807) is 37.4 Å². The molecule has 0 radical (unpaired) electrons. The number of amides is 3. The molecule has 1 fully saturated rings. The lowest BCUT2D eigenvalue weighted by molar-refractivity contribution is -0.133. The molecule has 1 saturated heterocycles. The second-order valence-corrected chi connectivity index (χ2v) is 11.4. The molecule has 1 aliphatic heterocycles. The number of nitrogens with one attached hydrogen (secondary N) is 2. The van der Waals surface area contributed by atoms with Gasteiger partial charge in [0.25, 0.3) is 11.8 Å². The van der Waals surface area contributed by atoms with Gasteiger partial charge in [-0.15, -0.1) is 0 Å². The molecule has 4 N–H and O–H groups in total. The van der Waals surface area contributed by atoms with Gasteiger partial charge >= 0.3 is 0 Å². The third-order valence-electron chi connectivity index (χ3n) is 8.13. The highest BCUT2D eigenvalue weighted by Crippen LogP contribution is 2.32. The van der Waals surface area contributed by atoms with E-state index in [2.05, 4.69) is 27.2 Å². The van der Waals surface area contributed by atoms with Crippen molar-refractivity contribution in [2.45, 2.75) is 26.3 Å². The number of ether oxygens (including phenoxy) is 2. The van der Waals surface area contributed by atoms with E-state index in [9.17, 15) is 14.4 Å². The van der Waals surface area contributed by atoms with E-state index in [1.807, 2.05) is 36.1 Å². The smallest absolute Gasteiger partial charge is 0.258 e. The molecule has 3 amide bonds. The van der Waals surface area contributed by atoms with Gasteiger partial charge in [-0.1, -0.05) is 12.1 Å². The first-order chi connectivity index (χ1) is 22.2. The molecule has 1 aliphatic rings. The first-order valence-electron chi connectivity index (χ1n) is 15.3. The number of aromatic amines is 1. The predicted molar refractivity (Wildman–Crippen MR) is 178 cm³/mol. The number of nitrogens with two attached hydrogens (primary N) is 1. The van der Waals surface area contributed by atoms with E-state index in [4.69, 9.17) is 15.2 Å². The number of fused-ring (bicyclic) bond motifs is 1. The Kier molecular flexibility index (Phi) is 10.2. The van der Waals surface area contributed by atoms with E-state index < -0.39 is 0 Å². The standard InChI is InChI=1S/C34H41N7O5/c1-22-10-13-27(29(19-22)46-18-6-9-31(42)41-16-14-39(2)15-17-41)40(3)34(44)23-11-12-25(28(20-23)45-4)37-33(43)24-7-5-8-26-32(24)38-30(21-35)36-26/h5,7-8,10-13,19-20H,6,9,14-18,21,35H2,1-4H3,(H,36,38)(H,37,43). The number of H-pyrrole nitrogens is 1. The van der Waals surface area contributed by atoms with Gasteiger partial charge in [-0.25, -0.2) is 4.98 Å². The zero-order valence-electron chi connectivity index (χ0n) is 26.8. The number of methoxy groups -OCH3 is 1. The maximum absolute atomic E-state index is 13.7. The normalized spacial score (nSPS) is 13.5. The van der Waals surface area contributed by atoms with Crippen LogP contribution < -0.4 is 25.4 Å². The number of carbonyl (C=O) groups is 3. The Morgan fingerprint density at radius 2 is 1.83 bits per heavy atom. The summed E-state index contributed by atoms with van der Waals surface area (Å²) in [5.74, 6) is 0.950. The first kappa shape index (κ1) is 32.5. The maximum Gasteiger partial charge on any atom is 0.258 e. The van der Waals surface area contributed by atoms with Gasteiger partial charge < -0.3 is 40.2 Å². The lowest BCUT2D eigenvalue weighted by atomic mass is 10.1. The molecule has 1 aromatic heterocycles.